The average Bonchev–Trinajstić information content (AvgIpc) is 2.21. The lowest BCUT2D eigenvalue weighted by molar-refractivity contribution is -0.142. The summed E-state index contributed by atoms with van der Waals surface area (Å²) in [4.78, 5) is 17.8. The highest BCUT2D eigenvalue weighted by Gasteiger charge is 2.33. The number of carbonyl (C=O) groups excluding carboxylic acids is 1. The highest BCUT2D eigenvalue weighted by molar-refractivity contribution is 5.77. The molecule has 4 nitrogen and oxygen atoms in total. The zero-order valence-corrected chi connectivity index (χ0v) is 11.2. The second-order valence-electron chi connectivity index (χ2n) is 5.94. The van der Waals surface area contributed by atoms with Gasteiger partial charge in [0.2, 0.25) is 11.8 Å². The van der Waals surface area contributed by atoms with Crippen LogP contribution in [0, 0.1) is 5.41 Å². The van der Waals surface area contributed by atoms with Crippen molar-refractivity contribution in [1.29, 1.82) is 0 Å². The second kappa shape index (κ2) is 4.96. The average molecular weight is 248 g/mol. The van der Waals surface area contributed by atoms with Crippen molar-refractivity contribution < 1.29 is 9.53 Å². The standard InChI is InChI=1S/C14H20N2O2/c1-14(2,3)8-13(17)16-9-11(10-16)18-12-6-4-5-7-15-12/h4-7,11H,8-10H2,1-3H3. The number of ether oxygens (including phenoxy) is 1. The Balaban J connectivity index is 1.76. The van der Waals surface area contributed by atoms with E-state index in [1.165, 1.54) is 0 Å². The minimum Gasteiger partial charge on any atom is -0.471 e. The first-order valence-corrected chi connectivity index (χ1v) is 6.29. The SMILES string of the molecule is CC(C)(C)CC(=O)N1CC(Oc2ccccn2)C1. The van der Waals surface area contributed by atoms with Crippen molar-refractivity contribution in [1.82, 2.24) is 9.88 Å². The minimum absolute atomic E-state index is 0.0456. The molecule has 0 spiro atoms. The quantitative estimate of drug-likeness (QED) is 0.822. The number of hydrogen-bond donors (Lipinski definition) is 0. The first-order valence-electron chi connectivity index (χ1n) is 6.29. The van der Waals surface area contributed by atoms with Crippen molar-refractivity contribution in [3.05, 3.63) is 24.4 Å². The molecule has 4 heteroatoms. The van der Waals surface area contributed by atoms with E-state index in [0.717, 1.165) is 0 Å². The van der Waals surface area contributed by atoms with E-state index < -0.39 is 0 Å². The topological polar surface area (TPSA) is 42.4 Å². The highest BCUT2D eigenvalue weighted by Crippen LogP contribution is 2.23. The molecular formula is C14H20N2O2. The third-order valence-electron chi connectivity index (χ3n) is 2.81. The van der Waals surface area contributed by atoms with Gasteiger partial charge >= 0.3 is 0 Å². The molecule has 1 aromatic rings. The fraction of sp³-hybridized carbons (Fsp3) is 0.571. The van der Waals surface area contributed by atoms with Crippen LogP contribution in [0.2, 0.25) is 0 Å². The first kappa shape index (κ1) is 12.9. The molecule has 1 aliphatic rings. The first-order chi connectivity index (χ1) is 8.44. The van der Waals surface area contributed by atoms with Crippen LogP contribution >= 0.6 is 0 Å². The fourth-order valence-electron chi connectivity index (χ4n) is 1.87. The van der Waals surface area contributed by atoms with Crippen LogP contribution in [-0.4, -0.2) is 35.0 Å². The maximum Gasteiger partial charge on any atom is 0.223 e. The number of likely N-dealkylation sites (tertiary alicyclic amines) is 1. The molecule has 0 saturated carbocycles. The van der Waals surface area contributed by atoms with E-state index in [1.54, 1.807) is 6.20 Å². The molecule has 1 saturated heterocycles. The van der Waals surface area contributed by atoms with E-state index in [0.29, 0.717) is 25.4 Å². The molecule has 0 radical (unpaired) electrons. The molecule has 0 aromatic carbocycles. The zero-order chi connectivity index (χ0) is 13.2. The smallest absolute Gasteiger partial charge is 0.223 e. The van der Waals surface area contributed by atoms with E-state index in [9.17, 15) is 4.79 Å². The molecule has 1 aliphatic heterocycles. The summed E-state index contributed by atoms with van der Waals surface area (Å²) in [6.07, 6.45) is 2.38. The van der Waals surface area contributed by atoms with Gasteiger partial charge in [-0.2, -0.15) is 0 Å². The van der Waals surface area contributed by atoms with E-state index in [2.05, 4.69) is 25.8 Å². The predicted octanol–water partition coefficient (Wildman–Crippen LogP) is 2.11. The number of amides is 1. The monoisotopic (exact) mass is 248 g/mol. The van der Waals surface area contributed by atoms with Gasteiger partial charge in [0.1, 0.15) is 6.10 Å². The Labute approximate surface area is 108 Å². The predicted molar refractivity (Wildman–Crippen MR) is 69.3 cm³/mol. The van der Waals surface area contributed by atoms with Gasteiger partial charge in [-0.15, -0.1) is 0 Å². The van der Waals surface area contributed by atoms with E-state index in [-0.39, 0.29) is 17.4 Å². The summed E-state index contributed by atoms with van der Waals surface area (Å²) in [6, 6.07) is 5.58. The number of carbonyl (C=O) groups is 1. The van der Waals surface area contributed by atoms with Crippen molar-refractivity contribution in [2.24, 2.45) is 5.41 Å². The van der Waals surface area contributed by atoms with Gasteiger partial charge in [-0.25, -0.2) is 4.98 Å². The van der Waals surface area contributed by atoms with Gasteiger partial charge in [-0.05, 0) is 11.5 Å². The van der Waals surface area contributed by atoms with Crippen molar-refractivity contribution in [2.75, 3.05) is 13.1 Å². The van der Waals surface area contributed by atoms with Crippen LogP contribution in [0.25, 0.3) is 0 Å². The molecular weight excluding hydrogens is 228 g/mol. The summed E-state index contributed by atoms with van der Waals surface area (Å²) in [7, 11) is 0. The normalized spacial score (nSPS) is 16.3. The van der Waals surface area contributed by atoms with Crippen LogP contribution in [0.15, 0.2) is 24.4 Å². The Hall–Kier alpha value is -1.58. The maximum absolute atomic E-state index is 11.9. The van der Waals surface area contributed by atoms with E-state index in [1.807, 2.05) is 23.1 Å². The number of aromatic nitrogens is 1. The Bertz CT molecular complexity index is 406. The summed E-state index contributed by atoms with van der Waals surface area (Å²) in [5.41, 5.74) is 0.0456. The molecule has 1 aromatic heterocycles. The molecule has 2 heterocycles. The molecule has 0 N–H and O–H groups in total. The van der Waals surface area contributed by atoms with Gasteiger partial charge in [0.05, 0.1) is 13.1 Å². The second-order valence-corrected chi connectivity index (χ2v) is 5.94. The largest absolute Gasteiger partial charge is 0.471 e. The highest BCUT2D eigenvalue weighted by atomic mass is 16.5. The summed E-state index contributed by atoms with van der Waals surface area (Å²) in [5, 5.41) is 0. The molecule has 18 heavy (non-hydrogen) atoms. The molecule has 0 unspecified atom stereocenters. The lowest BCUT2D eigenvalue weighted by Crippen LogP contribution is -2.56. The third kappa shape index (κ3) is 3.45. The Morgan fingerprint density at radius 2 is 2.17 bits per heavy atom. The third-order valence-corrected chi connectivity index (χ3v) is 2.81. The van der Waals surface area contributed by atoms with Gasteiger partial charge in [-0.1, -0.05) is 26.8 Å². The van der Waals surface area contributed by atoms with Gasteiger partial charge < -0.3 is 9.64 Å². The molecule has 1 fully saturated rings. The van der Waals surface area contributed by atoms with Crippen LogP contribution in [0.1, 0.15) is 27.2 Å². The summed E-state index contributed by atoms with van der Waals surface area (Å²) >= 11 is 0. The van der Waals surface area contributed by atoms with Crippen molar-refractivity contribution in [2.45, 2.75) is 33.3 Å². The van der Waals surface area contributed by atoms with Crippen LogP contribution in [-0.2, 0) is 4.79 Å². The number of nitrogens with zero attached hydrogens (tertiary/aromatic N) is 2. The van der Waals surface area contributed by atoms with Gasteiger partial charge in [-0.3, -0.25) is 4.79 Å². The van der Waals surface area contributed by atoms with Crippen LogP contribution in [0.3, 0.4) is 0 Å². The molecule has 0 bridgehead atoms. The Morgan fingerprint density at radius 1 is 1.44 bits per heavy atom. The molecule has 1 amide bonds. The lowest BCUT2D eigenvalue weighted by atomic mass is 9.91. The summed E-state index contributed by atoms with van der Waals surface area (Å²) in [6.45, 7) is 7.57. The zero-order valence-electron chi connectivity index (χ0n) is 11.2. The Morgan fingerprint density at radius 3 is 2.72 bits per heavy atom. The fourth-order valence-corrected chi connectivity index (χ4v) is 1.87. The van der Waals surface area contributed by atoms with E-state index >= 15 is 0 Å². The van der Waals surface area contributed by atoms with Gasteiger partial charge in [0.25, 0.3) is 0 Å². The molecule has 0 aliphatic carbocycles. The van der Waals surface area contributed by atoms with Crippen LogP contribution < -0.4 is 4.74 Å². The van der Waals surface area contributed by atoms with Crippen LogP contribution in [0.5, 0.6) is 5.88 Å². The molecule has 0 atom stereocenters. The molecule has 98 valence electrons. The van der Waals surface area contributed by atoms with Gasteiger partial charge in [0.15, 0.2) is 0 Å². The summed E-state index contributed by atoms with van der Waals surface area (Å²) < 4.78 is 5.66. The number of rotatable bonds is 3. The maximum atomic E-state index is 11.9. The van der Waals surface area contributed by atoms with Crippen molar-refractivity contribution >= 4 is 5.91 Å². The number of hydrogen-bond acceptors (Lipinski definition) is 3. The van der Waals surface area contributed by atoms with E-state index in [4.69, 9.17) is 4.74 Å². The van der Waals surface area contributed by atoms with Crippen LogP contribution in [0.4, 0.5) is 0 Å². The van der Waals surface area contributed by atoms with Gasteiger partial charge in [0, 0.05) is 18.7 Å². The lowest BCUT2D eigenvalue weighted by Gasteiger charge is -2.39. The number of pyridine rings is 1. The Kier molecular flexibility index (Phi) is 3.55. The minimum atomic E-state index is 0.0456. The molecule has 2 rings (SSSR count). The summed E-state index contributed by atoms with van der Waals surface area (Å²) in [5.74, 6) is 0.841. The van der Waals surface area contributed by atoms with Crippen molar-refractivity contribution in [3.8, 4) is 5.88 Å². The van der Waals surface area contributed by atoms with Crippen molar-refractivity contribution in [3.63, 3.8) is 0 Å².